The van der Waals surface area contributed by atoms with Crippen molar-refractivity contribution in [3.8, 4) is 0 Å². The maximum absolute atomic E-state index is 12.3. The summed E-state index contributed by atoms with van der Waals surface area (Å²) in [5.41, 5.74) is 2.18. The zero-order valence-corrected chi connectivity index (χ0v) is 13.3. The summed E-state index contributed by atoms with van der Waals surface area (Å²) in [6.45, 7) is 2.02. The lowest BCUT2D eigenvalue weighted by Crippen LogP contribution is -2.18. The van der Waals surface area contributed by atoms with Crippen molar-refractivity contribution in [1.82, 2.24) is 0 Å². The number of carbonyl (C=O) groups is 1. The van der Waals surface area contributed by atoms with Gasteiger partial charge in [0.15, 0.2) is 0 Å². The van der Waals surface area contributed by atoms with Gasteiger partial charge >= 0.3 is 0 Å². The molecule has 23 heavy (non-hydrogen) atoms. The van der Waals surface area contributed by atoms with Crippen LogP contribution < -0.4 is 9.83 Å². The maximum atomic E-state index is 12.3. The molecule has 0 aliphatic rings. The van der Waals surface area contributed by atoms with E-state index >= 15 is 0 Å². The van der Waals surface area contributed by atoms with Crippen LogP contribution in [0, 0.1) is 0 Å². The van der Waals surface area contributed by atoms with Gasteiger partial charge in [-0.25, -0.2) is 8.42 Å². The third-order valence-electron chi connectivity index (χ3n) is 3.22. The standard InChI is InChI=1S/C17H17NO4S/c1-2-13-3-8-15(9-4-13)18-23(21,22)16-10-5-14(6-11-16)7-12-17(19)20/h3-12,18H,2H2,1H3,(H,19,20)/p-1/b12-7+. The van der Waals surface area contributed by atoms with Crippen molar-refractivity contribution in [3.63, 3.8) is 0 Å². The minimum absolute atomic E-state index is 0.0997. The van der Waals surface area contributed by atoms with E-state index in [2.05, 4.69) is 4.72 Å². The smallest absolute Gasteiger partial charge is 0.261 e. The van der Waals surface area contributed by atoms with Gasteiger partial charge < -0.3 is 9.90 Å². The molecule has 0 saturated carbocycles. The normalized spacial score (nSPS) is 11.5. The molecule has 0 aromatic heterocycles. The highest BCUT2D eigenvalue weighted by molar-refractivity contribution is 7.92. The average Bonchev–Trinajstić information content (AvgIpc) is 2.53. The topological polar surface area (TPSA) is 86.3 Å². The summed E-state index contributed by atoms with van der Waals surface area (Å²) in [6, 6.07) is 13.0. The molecule has 0 bridgehead atoms. The number of carboxylic acids is 1. The number of nitrogens with one attached hydrogen (secondary N) is 1. The van der Waals surface area contributed by atoms with E-state index in [-0.39, 0.29) is 4.90 Å². The third kappa shape index (κ3) is 4.69. The molecule has 0 aliphatic carbocycles. The van der Waals surface area contributed by atoms with E-state index in [1.54, 1.807) is 12.1 Å². The molecule has 5 nitrogen and oxygen atoms in total. The van der Waals surface area contributed by atoms with Crippen LogP contribution in [0.3, 0.4) is 0 Å². The van der Waals surface area contributed by atoms with Gasteiger partial charge in [-0.15, -0.1) is 0 Å². The number of aliphatic carboxylic acids is 1. The van der Waals surface area contributed by atoms with Gasteiger partial charge in [-0.05, 0) is 47.9 Å². The highest BCUT2D eigenvalue weighted by atomic mass is 32.2. The van der Waals surface area contributed by atoms with Gasteiger partial charge in [-0.1, -0.05) is 37.3 Å². The number of benzene rings is 2. The van der Waals surface area contributed by atoms with E-state index in [0.29, 0.717) is 11.3 Å². The van der Waals surface area contributed by atoms with Gasteiger partial charge in [0, 0.05) is 5.69 Å². The second kappa shape index (κ2) is 7.11. The first kappa shape index (κ1) is 16.8. The Balaban J connectivity index is 2.16. The van der Waals surface area contributed by atoms with Gasteiger partial charge in [0.1, 0.15) is 0 Å². The number of rotatable bonds is 6. The lowest BCUT2D eigenvalue weighted by Gasteiger charge is -2.09. The Bertz CT molecular complexity index is 807. The molecule has 0 spiro atoms. The van der Waals surface area contributed by atoms with Crippen LogP contribution in [0.5, 0.6) is 0 Å². The van der Waals surface area contributed by atoms with Crippen LogP contribution in [0.15, 0.2) is 59.5 Å². The molecule has 0 unspecified atom stereocenters. The second-order valence-electron chi connectivity index (χ2n) is 4.88. The predicted molar refractivity (Wildman–Crippen MR) is 87.1 cm³/mol. The van der Waals surface area contributed by atoms with Crippen molar-refractivity contribution in [2.24, 2.45) is 0 Å². The molecule has 0 radical (unpaired) electrons. The zero-order chi connectivity index (χ0) is 16.9. The summed E-state index contributed by atoms with van der Waals surface area (Å²) >= 11 is 0. The van der Waals surface area contributed by atoms with E-state index in [0.717, 1.165) is 18.1 Å². The molecular weight excluding hydrogens is 314 g/mol. The van der Waals surface area contributed by atoms with Gasteiger partial charge in [0.2, 0.25) is 0 Å². The average molecular weight is 330 g/mol. The summed E-state index contributed by atoms with van der Waals surface area (Å²) in [5.74, 6) is -1.31. The Morgan fingerprint density at radius 1 is 1.09 bits per heavy atom. The molecule has 6 heteroatoms. The molecular formula is C17H16NO4S-. The van der Waals surface area contributed by atoms with Crippen LogP contribution in [-0.2, 0) is 21.2 Å². The van der Waals surface area contributed by atoms with Crippen molar-refractivity contribution in [3.05, 3.63) is 65.7 Å². The van der Waals surface area contributed by atoms with Crippen LogP contribution in [0.1, 0.15) is 18.1 Å². The largest absolute Gasteiger partial charge is 0.545 e. The lowest BCUT2D eigenvalue weighted by molar-refractivity contribution is -0.297. The molecule has 2 aromatic carbocycles. The summed E-state index contributed by atoms with van der Waals surface area (Å²) in [6.07, 6.45) is 3.10. The van der Waals surface area contributed by atoms with Crippen molar-refractivity contribution in [1.29, 1.82) is 0 Å². The van der Waals surface area contributed by atoms with Gasteiger partial charge in [-0.3, -0.25) is 4.72 Å². The SMILES string of the molecule is CCc1ccc(NS(=O)(=O)c2ccc(/C=C/C(=O)[O-])cc2)cc1. The van der Waals surface area contributed by atoms with Crippen LogP contribution in [0.2, 0.25) is 0 Å². The molecule has 0 saturated heterocycles. The minimum atomic E-state index is -3.68. The fourth-order valence-electron chi connectivity index (χ4n) is 1.94. The number of sulfonamides is 1. The van der Waals surface area contributed by atoms with Gasteiger partial charge in [0.25, 0.3) is 10.0 Å². The number of carbonyl (C=O) groups excluding carboxylic acids is 1. The highest BCUT2D eigenvalue weighted by Crippen LogP contribution is 2.17. The lowest BCUT2D eigenvalue weighted by atomic mass is 10.2. The number of aryl methyl sites for hydroxylation is 1. The predicted octanol–water partition coefficient (Wildman–Crippen LogP) is 1.81. The third-order valence-corrected chi connectivity index (χ3v) is 4.61. The summed E-state index contributed by atoms with van der Waals surface area (Å²) < 4.78 is 27.1. The van der Waals surface area contributed by atoms with E-state index in [1.807, 2.05) is 19.1 Å². The molecule has 0 atom stereocenters. The van der Waals surface area contributed by atoms with E-state index in [9.17, 15) is 18.3 Å². The maximum Gasteiger partial charge on any atom is 0.261 e. The first-order valence-corrected chi connectivity index (χ1v) is 8.50. The molecule has 0 amide bonds. The molecule has 2 aromatic rings. The molecule has 120 valence electrons. The summed E-state index contributed by atoms with van der Waals surface area (Å²) in [7, 11) is -3.68. The van der Waals surface area contributed by atoms with Crippen LogP contribution in [-0.4, -0.2) is 14.4 Å². The van der Waals surface area contributed by atoms with Crippen LogP contribution >= 0.6 is 0 Å². The van der Waals surface area contributed by atoms with E-state index in [4.69, 9.17) is 0 Å². The summed E-state index contributed by atoms with van der Waals surface area (Å²) in [4.78, 5) is 10.4. The minimum Gasteiger partial charge on any atom is -0.545 e. The Kier molecular flexibility index (Phi) is 5.18. The van der Waals surface area contributed by atoms with Crippen molar-refractivity contribution < 1.29 is 18.3 Å². The molecule has 0 fully saturated rings. The number of anilines is 1. The molecule has 2 rings (SSSR count). The van der Waals surface area contributed by atoms with E-state index in [1.165, 1.54) is 30.3 Å². The van der Waals surface area contributed by atoms with Crippen molar-refractivity contribution in [2.45, 2.75) is 18.2 Å². The Morgan fingerprint density at radius 2 is 1.70 bits per heavy atom. The molecule has 0 heterocycles. The Morgan fingerprint density at radius 3 is 2.22 bits per heavy atom. The Labute approximate surface area is 135 Å². The fraction of sp³-hybridized carbons (Fsp3) is 0.118. The monoisotopic (exact) mass is 330 g/mol. The number of hydrogen-bond donors (Lipinski definition) is 1. The van der Waals surface area contributed by atoms with Crippen LogP contribution in [0.25, 0.3) is 6.08 Å². The van der Waals surface area contributed by atoms with Crippen molar-refractivity contribution >= 4 is 27.8 Å². The summed E-state index contributed by atoms with van der Waals surface area (Å²) in [5, 5.41) is 10.3. The van der Waals surface area contributed by atoms with Crippen molar-refractivity contribution in [2.75, 3.05) is 4.72 Å². The highest BCUT2D eigenvalue weighted by Gasteiger charge is 2.13. The second-order valence-corrected chi connectivity index (χ2v) is 6.56. The number of hydrogen-bond acceptors (Lipinski definition) is 4. The first-order chi connectivity index (χ1) is 10.9. The van der Waals surface area contributed by atoms with Crippen LogP contribution in [0.4, 0.5) is 5.69 Å². The fourth-order valence-corrected chi connectivity index (χ4v) is 3.00. The molecule has 1 N–H and O–H groups in total. The van der Waals surface area contributed by atoms with E-state index < -0.39 is 16.0 Å². The number of carboxylic acid groups (broad SMARTS) is 1. The Hall–Kier alpha value is -2.60. The first-order valence-electron chi connectivity index (χ1n) is 7.01. The zero-order valence-electron chi connectivity index (χ0n) is 12.5. The van der Waals surface area contributed by atoms with Gasteiger partial charge in [0.05, 0.1) is 10.9 Å². The van der Waals surface area contributed by atoms with Gasteiger partial charge in [-0.2, -0.15) is 0 Å². The molecule has 0 aliphatic heterocycles. The quantitative estimate of drug-likeness (QED) is 0.819.